The Kier molecular flexibility index (Phi) is 5.49. The van der Waals surface area contributed by atoms with Gasteiger partial charge < -0.3 is 10.1 Å². The van der Waals surface area contributed by atoms with Gasteiger partial charge in [-0.1, -0.05) is 36.4 Å². The van der Waals surface area contributed by atoms with Crippen molar-refractivity contribution in [1.29, 1.82) is 0 Å². The Balaban J connectivity index is 1.87. The molecule has 0 atom stereocenters. The van der Waals surface area contributed by atoms with Crippen LogP contribution in [0.4, 0.5) is 0 Å². The average Bonchev–Trinajstić information content (AvgIpc) is 3.13. The minimum atomic E-state index is -0.940. The molecule has 0 radical (unpaired) electrons. The van der Waals surface area contributed by atoms with Crippen molar-refractivity contribution in [3.05, 3.63) is 85.5 Å². The van der Waals surface area contributed by atoms with Crippen LogP contribution in [0.2, 0.25) is 0 Å². The van der Waals surface area contributed by atoms with E-state index in [1.165, 1.54) is 0 Å². The number of nitrogens with zero attached hydrogens (tertiary/aromatic N) is 1. The molecule has 138 valence electrons. The third kappa shape index (κ3) is 3.97. The van der Waals surface area contributed by atoms with Crippen LogP contribution >= 0.6 is 45.2 Å². The van der Waals surface area contributed by atoms with Crippen LogP contribution in [0.15, 0.2) is 72.8 Å². The molecule has 1 aromatic heterocycles. The summed E-state index contributed by atoms with van der Waals surface area (Å²) in [4.78, 5) is 19.4. The number of hydrogen-bond acceptors (Lipinski definition) is 2. The summed E-state index contributed by atoms with van der Waals surface area (Å²) in [6.45, 7) is 0. The standard InChI is InChI=1S/C22H14I2N2O2/c23-17-5-1-3-15(11-17)19-20(16-4-2-6-18(24)12-16)26-21(25-19)13-7-9-14(10-8-13)22(27)28/h1-12H,(H,25,26)(H,27,28). The Labute approximate surface area is 189 Å². The fraction of sp³-hybridized carbons (Fsp3) is 0. The zero-order valence-electron chi connectivity index (χ0n) is 14.5. The number of carboxylic acid groups (broad SMARTS) is 1. The normalized spacial score (nSPS) is 10.8. The molecular formula is C22H14I2N2O2. The van der Waals surface area contributed by atoms with Crippen molar-refractivity contribution < 1.29 is 9.90 Å². The number of halogens is 2. The molecule has 2 N–H and O–H groups in total. The van der Waals surface area contributed by atoms with E-state index in [0.717, 1.165) is 35.2 Å². The molecule has 0 amide bonds. The molecule has 0 spiro atoms. The second-order valence-electron chi connectivity index (χ2n) is 6.21. The SMILES string of the molecule is O=C(O)c1ccc(-c2nc(-c3cccc(I)c3)c(-c3cccc(I)c3)[nH]2)cc1. The van der Waals surface area contributed by atoms with Crippen LogP contribution in [-0.2, 0) is 0 Å². The monoisotopic (exact) mass is 592 g/mol. The first kappa shape index (κ1) is 19.1. The van der Waals surface area contributed by atoms with Crippen LogP contribution in [0.5, 0.6) is 0 Å². The fourth-order valence-electron chi connectivity index (χ4n) is 2.98. The molecule has 4 nitrogen and oxygen atoms in total. The molecule has 6 heteroatoms. The highest BCUT2D eigenvalue weighted by Gasteiger charge is 2.16. The second kappa shape index (κ2) is 8.04. The number of rotatable bonds is 4. The maximum Gasteiger partial charge on any atom is 0.335 e. The molecule has 4 rings (SSSR count). The fourth-order valence-corrected chi connectivity index (χ4v) is 4.06. The molecule has 3 aromatic carbocycles. The van der Waals surface area contributed by atoms with E-state index in [1.54, 1.807) is 24.3 Å². The maximum absolute atomic E-state index is 11.1. The first-order valence-corrected chi connectivity index (χ1v) is 10.6. The lowest BCUT2D eigenvalue weighted by Crippen LogP contribution is -1.95. The van der Waals surface area contributed by atoms with E-state index in [9.17, 15) is 4.79 Å². The predicted molar refractivity (Wildman–Crippen MR) is 127 cm³/mol. The smallest absolute Gasteiger partial charge is 0.335 e. The lowest BCUT2D eigenvalue weighted by Gasteiger charge is -2.04. The van der Waals surface area contributed by atoms with E-state index in [2.05, 4.69) is 74.4 Å². The van der Waals surface area contributed by atoms with Gasteiger partial charge in [-0.05, 0) is 81.6 Å². The molecule has 1 heterocycles. The summed E-state index contributed by atoms with van der Waals surface area (Å²) < 4.78 is 2.28. The summed E-state index contributed by atoms with van der Waals surface area (Å²) in [5.41, 5.74) is 5.00. The summed E-state index contributed by atoms with van der Waals surface area (Å²) in [6, 6.07) is 23.2. The Morgan fingerprint density at radius 2 is 1.43 bits per heavy atom. The van der Waals surface area contributed by atoms with Gasteiger partial charge >= 0.3 is 5.97 Å². The van der Waals surface area contributed by atoms with Crippen molar-refractivity contribution in [3.8, 4) is 33.9 Å². The van der Waals surface area contributed by atoms with E-state index in [-0.39, 0.29) is 5.56 Å². The third-order valence-electron chi connectivity index (χ3n) is 4.32. The highest BCUT2D eigenvalue weighted by molar-refractivity contribution is 14.1. The quantitative estimate of drug-likeness (QED) is 0.273. The predicted octanol–water partition coefficient (Wildman–Crippen LogP) is 6.32. The molecule has 0 fully saturated rings. The van der Waals surface area contributed by atoms with Gasteiger partial charge in [0.25, 0.3) is 0 Å². The molecule has 4 aromatic rings. The van der Waals surface area contributed by atoms with E-state index < -0.39 is 5.97 Å². The van der Waals surface area contributed by atoms with Gasteiger partial charge in [0.1, 0.15) is 5.82 Å². The topological polar surface area (TPSA) is 66.0 Å². The molecule has 0 aliphatic heterocycles. The summed E-state index contributed by atoms with van der Waals surface area (Å²) in [5, 5.41) is 9.12. The molecule has 0 bridgehead atoms. The summed E-state index contributed by atoms with van der Waals surface area (Å²) >= 11 is 4.60. The highest BCUT2D eigenvalue weighted by Crippen LogP contribution is 2.34. The van der Waals surface area contributed by atoms with Gasteiger partial charge in [-0.25, -0.2) is 9.78 Å². The minimum absolute atomic E-state index is 0.256. The number of nitrogens with one attached hydrogen (secondary N) is 1. The zero-order chi connectivity index (χ0) is 19.7. The van der Waals surface area contributed by atoms with Gasteiger partial charge in [0.2, 0.25) is 0 Å². The molecule has 28 heavy (non-hydrogen) atoms. The molecule has 0 saturated carbocycles. The summed E-state index contributed by atoms with van der Waals surface area (Å²) in [7, 11) is 0. The van der Waals surface area contributed by atoms with Gasteiger partial charge in [0.15, 0.2) is 0 Å². The Morgan fingerprint density at radius 1 is 0.821 bits per heavy atom. The Bertz CT molecular complexity index is 1100. The van der Waals surface area contributed by atoms with E-state index in [1.807, 2.05) is 24.3 Å². The number of carboxylic acids is 1. The first-order chi connectivity index (χ1) is 13.5. The molecule has 0 aliphatic carbocycles. The average molecular weight is 592 g/mol. The van der Waals surface area contributed by atoms with Gasteiger partial charge in [-0.15, -0.1) is 0 Å². The van der Waals surface area contributed by atoms with E-state index in [0.29, 0.717) is 5.82 Å². The van der Waals surface area contributed by atoms with Crippen LogP contribution in [0.1, 0.15) is 10.4 Å². The number of carbonyl (C=O) groups is 1. The van der Waals surface area contributed by atoms with E-state index >= 15 is 0 Å². The Hall–Kier alpha value is -2.20. The number of aromatic carboxylic acids is 1. The van der Waals surface area contributed by atoms with Gasteiger partial charge in [0.05, 0.1) is 17.0 Å². The highest BCUT2D eigenvalue weighted by atomic mass is 127. The number of benzene rings is 3. The number of imidazole rings is 1. The van der Waals surface area contributed by atoms with Crippen LogP contribution in [0.3, 0.4) is 0 Å². The lowest BCUT2D eigenvalue weighted by atomic mass is 10.1. The minimum Gasteiger partial charge on any atom is -0.478 e. The van der Waals surface area contributed by atoms with Crippen molar-refractivity contribution in [2.45, 2.75) is 0 Å². The maximum atomic E-state index is 11.1. The number of aromatic nitrogens is 2. The molecule has 0 unspecified atom stereocenters. The van der Waals surface area contributed by atoms with Crippen LogP contribution < -0.4 is 0 Å². The van der Waals surface area contributed by atoms with Gasteiger partial charge in [-0.3, -0.25) is 0 Å². The molecule has 0 aliphatic rings. The third-order valence-corrected chi connectivity index (χ3v) is 5.66. The molecular weight excluding hydrogens is 578 g/mol. The van der Waals surface area contributed by atoms with Gasteiger partial charge in [0, 0.05) is 23.8 Å². The molecule has 0 saturated heterocycles. The van der Waals surface area contributed by atoms with Crippen molar-refractivity contribution in [2.24, 2.45) is 0 Å². The van der Waals surface area contributed by atoms with Crippen molar-refractivity contribution in [2.75, 3.05) is 0 Å². The zero-order valence-corrected chi connectivity index (χ0v) is 18.8. The van der Waals surface area contributed by atoms with Crippen molar-refractivity contribution in [1.82, 2.24) is 9.97 Å². The number of aromatic amines is 1. The summed E-state index contributed by atoms with van der Waals surface area (Å²) in [5.74, 6) is -0.232. The Morgan fingerprint density at radius 3 is 2.04 bits per heavy atom. The lowest BCUT2D eigenvalue weighted by molar-refractivity contribution is 0.0697. The van der Waals surface area contributed by atoms with Gasteiger partial charge in [-0.2, -0.15) is 0 Å². The largest absolute Gasteiger partial charge is 0.478 e. The van der Waals surface area contributed by atoms with Crippen molar-refractivity contribution in [3.63, 3.8) is 0 Å². The first-order valence-electron chi connectivity index (χ1n) is 8.47. The van der Waals surface area contributed by atoms with Crippen molar-refractivity contribution >= 4 is 51.2 Å². The van der Waals surface area contributed by atoms with E-state index in [4.69, 9.17) is 10.1 Å². The van der Waals surface area contributed by atoms with Crippen LogP contribution in [0.25, 0.3) is 33.9 Å². The second-order valence-corrected chi connectivity index (χ2v) is 8.70. The summed E-state index contributed by atoms with van der Waals surface area (Å²) in [6.07, 6.45) is 0. The number of hydrogen-bond donors (Lipinski definition) is 2. The van der Waals surface area contributed by atoms with Crippen LogP contribution in [0, 0.1) is 7.14 Å². The number of H-pyrrole nitrogens is 1. The van der Waals surface area contributed by atoms with Crippen LogP contribution in [-0.4, -0.2) is 21.0 Å².